The second-order valence-corrected chi connectivity index (χ2v) is 7.71. The fraction of sp³-hybridized carbons (Fsp3) is 0.0870. The smallest absolute Gasteiger partial charge is 0.256 e. The van der Waals surface area contributed by atoms with Gasteiger partial charge in [0.15, 0.2) is 0 Å². The monoisotopic (exact) mass is 390 g/mol. The van der Waals surface area contributed by atoms with Crippen molar-refractivity contribution in [1.29, 1.82) is 0 Å². The number of benzene rings is 3. The maximum Gasteiger partial charge on any atom is 0.256 e. The normalized spacial score (nSPS) is 12.0. The maximum atomic E-state index is 14.3. The van der Waals surface area contributed by atoms with Crippen LogP contribution in [0.15, 0.2) is 78.9 Å². The molecule has 1 heterocycles. The third kappa shape index (κ3) is 3.75. The van der Waals surface area contributed by atoms with E-state index in [4.69, 9.17) is 5.73 Å². The van der Waals surface area contributed by atoms with E-state index in [2.05, 4.69) is 23.5 Å². The lowest BCUT2D eigenvalue weighted by Gasteiger charge is -2.13. The SMILES string of the molecule is NC(=O)C(F)c1ccccc1-c1cccc(NCc2cc3ccccc3s2)c1. The number of hydrogen-bond donors (Lipinski definition) is 2. The number of halogens is 1. The summed E-state index contributed by atoms with van der Waals surface area (Å²) in [6.07, 6.45) is -1.83. The number of thiophene rings is 1. The molecule has 5 heteroatoms. The van der Waals surface area contributed by atoms with Crippen molar-refractivity contribution in [2.45, 2.75) is 12.7 Å². The van der Waals surface area contributed by atoms with Gasteiger partial charge in [0, 0.05) is 27.4 Å². The van der Waals surface area contributed by atoms with Crippen LogP contribution in [0.2, 0.25) is 0 Å². The van der Waals surface area contributed by atoms with Crippen molar-refractivity contribution in [2.75, 3.05) is 5.32 Å². The van der Waals surface area contributed by atoms with Crippen molar-refractivity contribution in [3.8, 4) is 11.1 Å². The van der Waals surface area contributed by atoms with Crippen LogP contribution >= 0.6 is 11.3 Å². The molecule has 1 amide bonds. The minimum atomic E-state index is -1.83. The number of fused-ring (bicyclic) bond motifs is 1. The standard InChI is InChI=1S/C23H19FN2OS/c24-22(23(25)27)20-10-3-2-9-19(20)15-7-5-8-17(12-15)26-14-18-13-16-6-1-4-11-21(16)28-18/h1-13,22,26H,14H2,(H2,25,27). The summed E-state index contributed by atoms with van der Waals surface area (Å²) in [5, 5.41) is 4.67. The first-order valence-electron chi connectivity index (χ1n) is 8.96. The molecular formula is C23H19FN2OS. The van der Waals surface area contributed by atoms with Crippen LogP contribution in [-0.4, -0.2) is 5.91 Å². The molecule has 1 aromatic heterocycles. The number of rotatable bonds is 6. The number of nitrogens with one attached hydrogen (secondary N) is 1. The summed E-state index contributed by atoms with van der Waals surface area (Å²) in [4.78, 5) is 12.6. The minimum Gasteiger partial charge on any atom is -0.380 e. The lowest BCUT2D eigenvalue weighted by molar-refractivity contribution is -0.122. The molecule has 0 fully saturated rings. The number of alkyl halides is 1. The van der Waals surface area contributed by atoms with Gasteiger partial charge in [0.2, 0.25) is 6.17 Å². The molecule has 0 spiro atoms. The van der Waals surface area contributed by atoms with E-state index >= 15 is 0 Å². The molecule has 0 aliphatic heterocycles. The van der Waals surface area contributed by atoms with Gasteiger partial charge in [-0.05, 0) is 40.8 Å². The first-order valence-corrected chi connectivity index (χ1v) is 9.77. The van der Waals surface area contributed by atoms with E-state index in [0.29, 0.717) is 12.1 Å². The average Bonchev–Trinajstić information content (AvgIpc) is 3.15. The van der Waals surface area contributed by atoms with Gasteiger partial charge in [0.1, 0.15) is 0 Å². The second kappa shape index (κ2) is 7.82. The van der Waals surface area contributed by atoms with Crippen molar-refractivity contribution in [1.82, 2.24) is 0 Å². The van der Waals surface area contributed by atoms with Gasteiger partial charge in [0.05, 0.1) is 0 Å². The number of primary amides is 1. The Kier molecular flexibility index (Phi) is 5.08. The Bertz CT molecular complexity index is 1110. The van der Waals surface area contributed by atoms with E-state index in [-0.39, 0.29) is 5.56 Å². The van der Waals surface area contributed by atoms with E-state index in [0.717, 1.165) is 11.3 Å². The fourth-order valence-electron chi connectivity index (χ4n) is 3.24. The molecule has 4 rings (SSSR count). The van der Waals surface area contributed by atoms with Crippen LogP contribution in [-0.2, 0) is 11.3 Å². The van der Waals surface area contributed by atoms with Gasteiger partial charge >= 0.3 is 0 Å². The molecular weight excluding hydrogens is 371 g/mol. The van der Waals surface area contributed by atoms with E-state index < -0.39 is 12.1 Å². The Hall–Kier alpha value is -3.18. The zero-order valence-corrected chi connectivity index (χ0v) is 15.9. The molecule has 0 saturated carbocycles. The lowest BCUT2D eigenvalue weighted by Crippen LogP contribution is -2.18. The van der Waals surface area contributed by atoms with Crippen LogP contribution in [0.3, 0.4) is 0 Å². The van der Waals surface area contributed by atoms with Crippen LogP contribution in [0.25, 0.3) is 21.2 Å². The summed E-state index contributed by atoms with van der Waals surface area (Å²) in [6.45, 7) is 0.706. The molecule has 0 aliphatic rings. The van der Waals surface area contributed by atoms with Crippen molar-refractivity contribution in [3.05, 3.63) is 89.3 Å². The van der Waals surface area contributed by atoms with Crippen molar-refractivity contribution < 1.29 is 9.18 Å². The van der Waals surface area contributed by atoms with Gasteiger partial charge < -0.3 is 11.1 Å². The van der Waals surface area contributed by atoms with Gasteiger partial charge in [-0.3, -0.25) is 4.79 Å². The summed E-state index contributed by atoms with van der Waals surface area (Å²) in [5.74, 6) is -0.980. The highest BCUT2D eigenvalue weighted by Crippen LogP contribution is 2.32. The summed E-state index contributed by atoms with van der Waals surface area (Å²) in [6, 6.07) is 25.2. The van der Waals surface area contributed by atoms with Gasteiger partial charge in [-0.1, -0.05) is 54.6 Å². The van der Waals surface area contributed by atoms with Gasteiger partial charge in [-0.25, -0.2) is 4.39 Å². The molecule has 140 valence electrons. The van der Waals surface area contributed by atoms with Crippen LogP contribution in [0.4, 0.5) is 10.1 Å². The van der Waals surface area contributed by atoms with Crippen molar-refractivity contribution in [2.24, 2.45) is 5.73 Å². The topological polar surface area (TPSA) is 55.1 Å². The van der Waals surface area contributed by atoms with Crippen LogP contribution in [0.1, 0.15) is 16.6 Å². The zero-order chi connectivity index (χ0) is 19.5. The van der Waals surface area contributed by atoms with E-state index in [1.54, 1.807) is 29.5 Å². The van der Waals surface area contributed by atoms with Gasteiger partial charge in [-0.2, -0.15) is 0 Å². The molecule has 3 aromatic carbocycles. The highest BCUT2D eigenvalue weighted by Gasteiger charge is 2.20. The number of anilines is 1. The van der Waals surface area contributed by atoms with Crippen molar-refractivity contribution in [3.63, 3.8) is 0 Å². The molecule has 3 N–H and O–H groups in total. The first-order chi connectivity index (χ1) is 13.6. The Morgan fingerprint density at radius 1 is 1.00 bits per heavy atom. The third-order valence-corrected chi connectivity index (χ3v) is 5.72. The Balaban J connectivity index is 1.57. The maximum absolute atomic E-state index is 14.3. The largest absolute Gasteiger partial charge is 0.380 e. The molecule has 1 atom stereocenters. The van der Waals surface area contributed by atoms with Crippen LogP contribution in [0.5, 0.6) is 0 Å². The van der Waals surface area contributed by atoms with Gasteiger partial charge in [-0.15, -0.1) is 11.3 Å². The number of carbonyl (C=O) groups is 1. The Labute approximate surface area is 166 Å². The van der Waals surface area contributed by atoms with Gasteiger partial charge in [0.25, 0.3) is 5.91 Å². The Morgan fingerprint density at radius 2 is 1.79 bits per heavy atom. The minimum absolute atomic E-state index is 0.289. The molecule has 28 heavy (non-hydrogen) atoms. The highest BCUT2D eigenvalue weighted by molar-refractivity contribution is 7.19. The predicted molar refractivity (Wildman–Crippen MR) is 114 cm³/mol. The number of carbonyl (C=O) groups excluding carboxylic acids is 1. The Morgan fingerprint density at radius 3 is 2.61 bits per heavy atom. The average molecular weight is 390 g/mol. The van der Waals surface area contributed by atoms with Crippen LogP contribution < -0.4 is 11.1 Å². The molecule has 0 saturated heterocycles. The quantitative estimate of drug-likeness (QED) is 0.445. The van der Waals surface area contributed by atoms with E-state index in [1.165, 1.54) is 15.0 Å². The third-order valence-electron chi connectivity index (χ3n) is 4.60. The molecule has 3 nitrogen and oxygen atoms in total. The zero-order valence-electron chi connectivity index (χ0n) is 15.1. The number of nitrogens with two attached hydrogens (primary N) is 1. The number of amides is 1. The summed E-state index contributed by atoms with van der Waals surface area (Å²) < 4.78 is 15.6. The van der Waals surface area contributed by atoms with Crippen LogP contribution in [0, 0.1) is 0 Å². The molecule has 1 unspecified atom stereocenters. The molecule has 0 radical (unpaired) electrons. The van der Waals surface area contributed by atoms with E-state index in [1.807, 2.05) is 42.5 Å². The summed E-state index contributed by atoms with van der Waals surface area (Å²) >= 11 is 1.76. The summed E-state index contributed by atoms with van der Waals surface area (Å²) in [7, 11) is 0. The number of hydrogen-bond acceptors (Lipinski definition) is 3. The van der Waals surface area contributed by atoms with E-state index in [9.17, 15) is 9.18 Å². The van der Waals surface area contributed by atoms with Crippen molar-refractivity contribution >= 4 is 33.0 Å². The fourth-order valence-corrected chi connectivity index (χ4v) is 4.25. The summed E-state index contributed by atoms with van der Waals surface area (Å²) in [5.41, 5.74) is 7.88. The molecule has 0 bridgehead atoms. The highest BCUT2D eigenvalue weighted by atomic mass is 32.1. The molecule has 0 aliphatic carbocycles. The first kappa shape index (κ1) is 18.2. The molecule has 4 aromatic rings. The second-order valence-electron chi connectivity index (χ2n) is 6.54. The predicted octanol–water partition coefficient (Wildman–Crippen LogP) is 5.68. The lowest BCUT2D eigenvalue weighted by atomic mass is 9.96.